The molecule has 0 aliphatic carbocycles. The fraction of sp³-hybridized carbons (Fsp3) is 0.786. The second-order valence-corrected chi connectivity index (χ2v) is 9.34. The Balaban J connectivity index is 1.85. The zero-order valence-corrected chi connectivity index (χ0v) is 14.9. The van der Waals surface area contributed by atoms with Gasteiger partial charge >= 0.3 is 6.09 Å². The molecule has 0 spiro atoms. The molecule has 0 N–H and O–H groups in total. The zero-order chi connectivity index (χ0) is 17.4. The molecule has 1 fully saturated rings. The molecular formula is C14H23N3O5S. The van der Waals surface area contributed by atoms with Gasteiger partial charge in [-0.25, -0.2) is 13.2 Å². The number of amides is 1. The topological polar surface area (TPSA) is 103 Å². The first-order valence-corrected chi connectivity index (χ1v) is 9.40. The summed E-state index contributed by atoms with van der Waals surface area (Å²) in [5.41, 5.74) is -0.509. The van der Waals surface area contributed by atoms with E-state index in [9.17, 15) is 13.2 Å². The minimum absolute atomic E-state index is 0.172. The van der Waals surface area contributed by atoms with Crippen molar-refractivity contribution in [2.75, 3.05) is 19.3 Å². The Morgan fingerprint density at radius 2 is 2.04 bits per heavy atom. The van der Waals surface area contributed by atoms with Crippen molar-refractivity contribution in [3.8, 4) is 0 Å². The van der Waals surface area contributed by atoms with Crippen LogP contribution < -0.4 is 0 Å². The maximum Gasteiger partial charge on any atom is 0.410 e. The van der Waals surface area contributed by atoms with Gasteiger partial charge in [0.1, 0.15) is 10.9 Å². The first-order valence-electron chi connectivity index (χ1n) is 7.45. The first kappa shape index (κ1) is 17.7. The van der Waals surface area contributed by atoms with E-state index in [0.29, 0.717) is 25.4 Å². The van der Waals surface area contributed by atoms with Crippen molar-refractivity contribution >= 4 is 15.9 Å². The maximum atomic E-state index is 11.8. The summed E-state index contributed by atoms with van der Waals surface area (Å²) in [6.45, 7) is 8.13. The largest absolute Gasteiger partial charge is 0.444 e. The number of rotatable bonds is 4. The molecule has 1 amide bonds. The average Bonchev–Trinajstić information content (AvgIpc) is 2.76. The molecule has 0 bridgehead atoms. The molecule has 2 rings (SSSR count). The van der Waals surface area contributed by atoms with Crippen molar-refractivity contribution in [2.45, 2.75) is 45.0 Å². The fourth-order valence-electron chi connectivity index (χ4n) is 2.13. The standard InChI is InChI=1S/C14H23N3O5S/c1-9(23(5,19)20)12-15-11(22-16-12)6-10-7-17(8-10)13(18)21-14(2,3)4/h9-10H,6-8H2,1-5H3. The summed E-state index contributed by atoms with van der Waals surface area (Å²) in [6, 6.07) is 0. The molecule has 130 valence electrons. The average molecular weight is 345 g/mol. The predicted molar refractivity (Wildman–Crippen MR) is 82.6 cm³/mol. The summed E-state index contributed by atoms with van der Waals surface area (Å²) < 4.78 is 33.4. The van der Waals surface area contributed by atoms with Crippen LogP contribution in [0, 0.1) is 5.92 Å². The number of ether oxygens (including phenoxy) is 1. The smallest absolute Gasteiger partial charge is 0.410 e. The molecule has 8 nitrogen and oxygen atoms in total. The number of aromatic nitrogens is 2. The van der Waals surface area contributed by atoms with Crippen molar-refractivity contribution in [1.82, 2.24) is 15.0 Å². The monoisotopic (exact) mass is 345 g/mol. The number of hydrogen-bond donors (Lipinski definition) is 0. The van der Waals surface area contributed by atoms with Crippen LogP contribution in [0.15, 0.2) is 4.52 Å². The molecule has 1 saturated heterocycles. The van der Waals surface area contributed by atoms with E-state index in [0.717, 1.165) is 6.26 Å². The Bertz CT molecular complexity index is 671. The Hall–Kier alpha value is -1.64. The van der Waals surface area contributed by atoms with Crippen molar-refractivity contribution in [3.63, 3.8) is 0 Å². The van der Waals surface area contributed by atoms with E-state index in [4.69, 9.17) is 9.26 Å². The van der Waals surface area contributed by atoms with E-state index in [2.05, 4.69) is 10.1 Å². The van der Waals surface area contributed by atoms with E-state index in [1.54, 1.807) is 4.90 Å². The summed E-state index contributed by atoms with van der Waals surface area (Å²) in [5.74, 6) is 0.777. The van der Waals surface area contributed by atoms with Gasteiger partial charge in [-0.2, -0.15) is 4.98 Å². The maximum absolute atomic E-state index is 11.8. The molecule has 1 atom stereocenters. The number of sulfone groups is 1. The second-order valence-electron chi connectivity index (χ2n) is 6.97. The third kappa shape index (κ3) is 4.66. The summed E-state index contributed by atoms with van der Waals surface area (Å²) in [5, 5.41) is 2.93. The SMILES string of the molecule is CC(c1noc(CC2CN(C(=O)OC(C)(C)C)C2)n1)S(C)(=O)=O. The molecule has 1 aliphatic rings. The Morgan fingerprint density at radius 3 is 2.57 bits per heavy atom. The first-order chi connectivity index (χ1) is 10.5. The number of likely N-dealkylation sites (tertiary alicyclic amines) is 1. The summed E-state index contributed by atoms with van der Waals surface area (Å²) >= 11 is 0. The highest BCUT2D eigenvalue weighted by Gasteiger charge is 2.35. The van der Waals surface area contributed by atoms with Crippen LogP contribution in [-0.4, -0.2) is 54.5 Å². The van der Waals surface area contributed by atoms with E-state index in [1.807, 2.05) is 20.8 Å². The fourth-order valence-corrected chi connectivity index (χ4v) is 2.61. The molecule has 1 unspecified atom stereocenters. The molecule has 23 heavy (non-hydrogen) atoms. The minimum atomic E-state index is -3.25. The van der Waals surface area contributed by atoms with Gasteiger partial charge in [0.05, 0.1) is 0 Å². The quantitative estimate of drug-likeness (QED) is 0.816. The molecule has 0 radical (unpaired) electrons. The summed E-state index contributed by atoms with van der Waals surface area (Å²) in [4.78, 5) is 17.6. The van der Waals surface area contributed by atoms with Crippen LogP contribution in [0.2, 0.25) is 0 Å². The van der Waals surface area contributed by atoms with Crippen LogP contribution in [0.25, 0.3) is 0 Å². The Kier molecular flexibility index (Phi) is 4.70. The Labute approximate surface area is 136 Å². The normalized spacial score (nSPS) is 17.7. The third-order valence-corrected chi connectivity index (χ3v) is 5.06. The van der Waals surface area contributed by atoms with Crippen molar-refractivity contribution in [2.24, 2.45) is 5.92 Å². The van der Waals surface area contributed by atoms with Crippen LogP contribution in [0.1, 0.15) is 44.7 Å². The highest BCUT2D eigenvalue weighted by molar-refractivity contribution is 7.90. The highest BCUT2D eigenvalue weighted by atomic mass is 32.2. The number of nitrogens with zero attached hydrogens (tertiary/aromatic N) is 3. The lowest BCUT2D eigenvalue weighted by Gasteiger charge is -2.39. The van der Waals surface area contributed by atoms with Crippen molar-refractivity contribution in [3.05, 3.63) is 11.7 Å². The van der Waals surface area contributed by atoms with E-state index in [-0.39, 0.29) is 17.8 Å². The van der Waals surface area contributed by atoms with Crippen LogP contribution in [-0.2, 0) is 21.0 Å². The zero-order valence-electron chi connectivity index (χ0n) is 14.1. The van der Waals surface area contributed by atoms with Gasteiger partial charge < -0.3 is 14.2 Å². The van der Waals surface area contributed by atoms with Gasteiger partial charge in [0.25, 0.3) is 0 Å². The van der Waals surface area contributed by atoms with Crippen molar-refractivity contribution in [1.29, 1.82) is 0 Å². The van der Waals surface area contributed by atoms with Gasteiger partial charge in [-0.3, -0.25) is 0 Å². The lowest BCUT2D eigenvalue weighted by Crippen LogP contribution is -2.52. The molecule has 9 heteroatoms. The van der Waals surface area contributed by atoms with Crippen LogP contribution in [0.5, 0.6) is 0 Å². The van der Waals surface area contributed by atoms with Gasteiger partial charge in [0, 0.05) is 31.7 Å². The molecular weight excluding hydrogens is 322 g/mol. The van der Waals surface area contributed by atoms with Gasteiger partial charge in [0.2, 0.25) is 5.89 Å². The van der Waals surface area contributed by atoms with Gasteiger partial charge in [0.15, 0.2) is 15.7 Å². The number of carbonyl (C=O) groups excluding carboxylic acids is 1. The van der Waals surface area contributed by atoms with Gasteiger partial charge in [-0.1, -0.05) is 5.16 Å². The van der Waals surface area contributed by atoms with E-state index >= 15 is 0 Å². The van der Waals surface area contributed by atoms with Crippen LogP contribution in [0.3, 0.4) is 0 Å². The van der Waals surface area contributed by atoms with E-state index in [1.165, 1.54) is 6.92 Å². The Morgan fingerprint density at radius 1 is 1.43 bits per heavy atom. The molecule has 1 aromatic heterocycles. The van der Waals surface area contributed by atoms with Crippen LogP contribution >= 0.6 is 0 Å². The predicted octanol–water partition coefficient (Wildman–Crippen LogP) is 1.58. The summed E-state index contributed by atoms with van der Waals surface area (Å²) in [7, 11) is -3.25. The summed E-state index contributed by atoms with van der Waals surface area (Å²) in [6.07, 6.45) is 1.33. The minimum Gasteiger partial charge on any atom is -0.444 e. The van der Waals surface area contributed by atoms with Crippen LogP contribution in [0.4, 0.5) is 4.79 Å². The molecule has 0 saturated carbocycles. The van der Waals surface area contributed by atoms with Gasteiger partial charge in [-0.05, 0) is 27.7 Å². The second kappa shape index (κ2) is 6.10. The van der Waals surface area contributed by atoms with E-state index < -0.39 is 20.7 Å². The lowest BCUT2D eigenvalue weighted by molar-refractivity contribution is -0.00187. The molecule has 0 aromatic carbocycles. The number of hydrogen-bond acceptors (Lipinski definition) is 7. The lowest BCUT2D eigenvalue weighted by atomic mass is 9.97. The molecule has 1 aliphatic heterocycles. The molecule has 2 heterocycles. The number of carbonyl (C=O) groups is 1. The van der Waals surface area contributed by atoms with Gasteiger partial charge in [-0.15, -0.1) is 0 Å². The highest BCUT2D eigenvalue weighted by Crippen LogP contribution is 2.24. The van der Waals surface area contributed by atoms with Crippen molar-refractivity contribution < 1.29 is 22.5 Å². The molecule has 1 aromatic rings. The third-order valence-electron chi connectivity index (χ3n) is 3.56.